The molecule has 8 nitrogen and oxygen atoms in total. The fourth-order valence-electron chi connectivity index (χ4n) is 2.50. The number of halogens is 1. The maximum absolute atomic E-state index is 13.3. The van der Waals surface area contributed by atoms with Crippen LogP contribution in [0.4, 0.5) is 15.8 Å². The third-order valence-corrected chi connectivity index (χ3v) is 3.58. The molecule has 2 heterocycles. The van der Waals surface area contributed by atoms with E-state index in [-0.39, 0.29) is 36.0 Å². The average molecular weight is 320 g/mol. The number of amides is 1. The highest BCUT2D eigenvalue weighted by atomic mass is 19.1. The highest BCUT2D eigenvalue weighted by molar-refractivity contribution is 6.08. The van der Waals surface area contributed by atoms with Gasteiger partial charge in [-0.3, -0.25) is 24.9 Å². The summed E-state index contributed by atoms with van der Waals surface area (Å²) in [5, 5.41) is 17.6. The summed E-state index contributed by atoms with van der Waals surface area (Å²) in [7, 11) is 0. The van der Waals surface area contributed by atoms with Crippen LogP contribution in [0.3, 0.4) is 0 Å². The molecule has 0 atom stereocenters. The van der Waals surface area contributed by atoms with Crippen molar-refractivity contribution < 1.29 is 18.8 Å². The molecule has 0 radical (unpaired) electrons. The van der Waals surface area contributed by atoms with Gasteiger partial charge in [0.25, 0.3) is 5.91 Å². The van der Waals surface area contributed by atoms with Gasteiger partial charge >= 0.3 is 5.69 Å². The Kier molecular flexibility index (Phi) is 3.68. The highest BCUT2D eigenvalue weighted by Gasteiger charge is 2.34. The van der Waals surface area contributed by atoms with Gasteiger partial charge in [-0.25, -0.2) is 4.39 Å². The first-order valence-electron chi connectivity index (χ1n) is 6.98. The van der Waals surface area contributed by atoms with Crippen LogP contribution in [0.2, 0.25) is 0 Å². The minimum absolute atomic E-state index is 0.168. The Morgan fingerprint density at radius 2 is 2.35 bits per heavy atom. The van der Waals surface area contributed by atoms with E-state index in [2.05, 4.69) is 10.2 Å². The summed E-state index contributed by atoms with van der Waals surface area (Å²) in [5.74, 6) is -0.889. The van der Waals surface area contributed by atoms with E-state index in [1.807, 2.05) is 0 Å². The number of ether oxygens (including phenoxy) is 1. The molecule has 3 rings (SSSR count). The third kappa shape index (κ3) is 2.50. The van der Waals surface area contributed by atoms with Crippen LogP contribution >= 0.6 is 0 Å². The van der Waals surface area contributed by atoms with E-state index in [0.29, 0.717) is 12.1 Å². The van der Waals surface area contributed by atoms with Gasteiger partial charge in [-0.15, -0.1) is 0 Å². The summed E-state index contributed by atoms with van der Waals surface area (Å²) in [6.45, 7) is 2.09. The Bertz CT molecular complexity index is 789. The molecule has 0 fully saturated rings. The van der Waals surface area contributed by atoms with E-state index in [4.69, 9.17) is 4.74 Å². The van der Waals surface area contributed by atoms with Crippen LogP contribution in [0.1, 0.15) is 23.1 Å². The zero-order chi connectivity index (χ0) is 16.6. The van der Waals surface area contributed by atoms with Crippen molar-refractivity contribution in [3.8, 4) is 5.75 Å². The van der Waals surface area contributed by atoms with Crippen LogP contribution < -0.4 is 9.64 Å². The molecule has 0 saturated carbocycles. The molecule has 1 aliphatic rings. The van der Waals surface area contributed by atoms with Gasteiger partial charge in [0.2, 0.25) is 5.69 Å². The number of H-pyrrole nitrogens is 1. The number of carbonyl (C=O) groups is 1. The van der Waals surface area contributed by atoms with Crippen LogP contribution in [0.25, 0.3) is 0 Å². The molecule has 2 aromatic rings. The van der Waals surface area contributed by atoms with Crippen molar-refractivity contribution in [1.29, 1.82) is 0 Å². The molecule has 1 aliphatic heterocycles. The number of benzene rings is 1. The van der Waals surface area contributed by atoms with Crippen LogP contribution in [0.5, 0.6) is 5.75 Å². The summed E-state index contributed by atoms with van der Waals surface area (Å²) < 4.78 is 18.6. The van der Waals surface area contributed by atoms with Gasteiger partial charge in [-0.2, -0.15) is 5.10 Å². The Hall–Kier alpha value is -2.97. The maximum atomic E-state index is 13.3. The molecule has 1 aromatic carbocycles. The highest BCUT2D eigenvalue weighted by Crippen LogP contribution is 2.34. The molecule has 120 valence electrons. The largest absolute Gasteiger partial charge is 0.489 e. The summed E-state index contributed by atoms with van der Waals surface area (Å²) >= 11 is 0. The standard InChI is InChI=1S/C14H13FN4O4/c1-2-9-13(19(21)22)12(17-16-9)14(20)18-5-6-23-11-7-8(15)3-4-10(11)18/h3-4,7H,2,5-6H2,1H3,(H,16,17). The SMILES string of the molecule is CCc1[nH]nc(C(=O)N2CCOc3cc(F)ccc32)c1[N+](=O)[O-]. The normalized spacial score (nSPS) is 13.4. The Balaban J connectivity index is 2.03. The topological polar surface area (TPSA) is 101 Å². The second-order valence-corrected chi connectivity index (χ2v) is 4.93. The molecule has 1 N–H and O–H groups in total. The number of anilines is 1. The molecular formula is C14H13FN4O4. The van der Waals surface area contributed by atoms with Crippen molar-refractivity contribution in [1.82, 2.24) is 10.2 Å². The third-order valence-electron chi connectivity index (χ3n) is 3.58. The molecule has 0 spiro atoms. The summed E-state index contributed by atoms with van der Waals surface area (Å²) in [4.78, 5) is 24.6. The number of hydrogen-bond acceptors (Lipinski definition) is 5. The predicted molar refractivity (Wildman–Crippen MR) is 78.2 cm³/mol. The second-order valence-electron chi connectivity index (χ2n) is 4.93. The summed E-state index contributed by atoms with van der Waals surface area (Å²) in [5.41, 5.74) is 0.0561. The van der Waals surface area contributed by atoms with Gasteiger partial charge in [0.05, 0.1) is 17.2 Å². The molecule has 23 heavy (non-hydrogen) atoms. The molecule has 0 saturated heterocycles. The zero-order valence-electron chi connectivity index (χ0n) is 12.2. The van der Waals surface area contributed by atoms with Gasteiger partial charge in [-0.1, -0.05) is 6.92 Å². The van der Waals surface area contributed by atoms with Crippen molar-refractivity contribution in [2.24, 2.45) is 0 Å². The van der Waals surface area contributed by atoms with E-state index < -0.39 is 16.6 Å². The number of nitrogens with one attached hydrogen (secondary N) is 1. The molecule has 0 bridgehead atoms. The number of aromatic nitrogens is 2. The summed E-state index contributed by atoms with van der Waals surface area (Å²) in [6, 6.07) is 3.77. The van der Waals surface area contributed by atoms with Gasteiger partial charge in [-0.05, 0) is 18.6 Å². The predicted octanol–water partition coefficient (Wildman–Crippen LogP) is 2.06. The Morgan fingerprint density at radius 1 is 1.57 bits per heavy atom. The van der Waals surface area contributed by atoms with Gasteiger partial charge in [0.1, 0.15) is 23.9 Å². The summed E-state index contributed by atoms with van der Waals surface area (Å²) in [6.07, 6.45) is 0.349. The minimum Gasteiger partial charge on any atom is -0.489 e. The smallest absolute Gasteiger partial charge is 0.322 e. The van der Waals surface area contributed by atoms with Crippen molar-refractivity contribution in [2.75, 3.05) is 18.1 Å². The Labute approximate surface area is 130 Å². The Morgan fingerprint density at radius 3 is 3.04 bits per heavy atom. The monoisotopic (exact) mass is 320 g/mol. The van der Waals surface area contributed by atoms with E-state index in [1.165, 1.54) is 23.1 Å². The van der Waals surface area contributed by atoms with Gasteiger partial charge in [0, 0.05) is 6.07 Å². The number of nitrogens with zero attached hydrogens (tertiary/aromatic N) is 3. The van der Waals surface area contributed by atoms with Crippen molar-refractivity contribution in [3.05, 3.63) is 45.5 Å². The average Bonchev–Trinajstić information content (AvgIpc) is 2.97. The number of hydrogen-bond donors (Lipinski definition) is 1. The van der Waals surface area contributed by atoms with E-state index in [9.17, 15) is 19.3 Å². The molecule has 9 heteroatoms. The van der Waals surface area contributed by atoms with Crippen molar-refractivity contribution >= 4 is 17.3 Å². The minimum atomic E-state index is -0.623. The fourth-order valence-corrected chi connectivity index (χ4v) is 2.50. The van der Waals surface area contributed by atoms with Crippen LogP contribution in [-0.4, -0.2) is 34.2 Å². The quantitative estimate of drug-likeness (QED) is 0.689. The maximum Gasteiger partial charge on any atom is 0.322 e. The first kappa shape index (κ1) is 14.9. The first-order valence-corrected chi connectivity index (χ1v) is 6.98. The van der Waals surface area contributed by atoms with Gasteiger partial charge in [0.15, 0.2) is 0 Å². The van der Waals surface area contributed by atoms with Crippen LogP contribution in [-0.2, 0) is 6.42 Å². The lowest BCUT2D eigenvalue weighted by Crippen LogP contribution is -2.38. The number of rotatable bonds is 3. The van der Waals surface area contributed by atoms with E-state index in [1.54, 1.807) is 6.92 Å². The number of aromatic amines is 1. The molecule has 0 aliphatic carbocycles. The number of aryl methyl sites for hydroxylation is 1. The number of nitro groups is 1. The zero-order valence-corrected chi connectivity index (χ0v) is 12.2. The molecule has 1 aromatic heterocycles. The van der Waals surface area contributed by atoms with Gasteiger partial charge < -0.3 is 4.74 Å². The molecular weight excluding hydrogens is 307 g/mol. The van der Waals surface area contributed by atoms with Crippen LogP contribution in [0, 0.1) is 15.9 Å². The van der Waals surface area contributed by atoms with E-state index in [0.717, 1.165) is 0 Å². The number of fused-ring (bicyclic) bond motifs is 1. The number of carbonyl (C=O) groups excluding carboxylic acids is 1. The van der Waals surface area contributed by atoms with E-state index >= 15 is 0 Å². The fraction of sp³-hybridized carbons (Fsp3) is 0.286. The molecule has 1 amide bonds. The molecule has 0 unspecified atom stereocenters. The first-order chi connectivity index (χ1) is 11.0. The van der Waals surface area contributed by atoms with Crippen LogP contribution in [0.15, 0.2) is 18.2 Å². The lowest BCUT2D eigenvalue weighted by atomic mass is 10.2. The lowest BCUT2D eigenvalue weighted by Gasteiger charge is -2.28. The second kappa shape index (κ2) is 5.67. The lowest BCUT2D eigenvalue weighted by molar-refractivity contribution is -0.385. The van der Waals surface area contributed by atoms with Crippen molar-refractivity contribution in [3.63, 3.8) is 0 Å². The van der Waals surface area contributed by atoms with Crippen molar-refractivity contribution in [2.45, 2.75) is 13.3 Å².